The summed E-state index contributed by atoms with van der Waals surface area (Å²) in [6.45, 7) is 9.71. The van der Waals surface area contributed by atoms with Crippen LogP contribution in [0.1, 0.15) is 47.0 Å². The van der Waals surface area contributed by atoms with E-state index in [4.69, 9.17) is 9.47 Å². The summed E-state index contributed by atoms with van der Waals surface area (Å²) in [5.74, 6) is 1.55. The summed E-state index contributed by atoms with van der Waals surface area (Å²) in [4.78, 5) is 21.6. The van der Waals surface area contributed by atoms with Gasteiger partial charge in [-0.2, -0.15) is 0 Å². The van der Waals surface area contributed by atoms with E-state index in [1.54, 1.807) is 7.11 Å². The van der Waals surface area contributed by atoms with Gasteiger partial charge in [-0.3, -0.25) is 14.6 Å². The van der Waals surface area contributed by atoms with Crippen molar-refractivity contribution < 1.29 is 9.47 Å². The van der Waals surface area contributed by atoms with Gasteiger partial charge in [-0.15, -0.1) is 5.10 Å². The summed E-state index contributed by atoms with van der Waals surface area (Å²) < 4.78 is 13.0. The standard InChI is InChI=1S/C30H37N7O3/c1-20-15-23-17-26(30(38)31-27(23)16-21(20)2)28(29-32-33-34-37(29)19-25-5-4-14-40-25)36-12-10-35(11-13-36)18-22-6-8-24(39-3)9-7-22/h6-9,15-17,25,28H,4-5,10-14,18-19H2,1-3H3,(H,31,38)/t25-,28+/m1/s1. The Morgan fingerprint density at radius 2 is 1.85 bits per heavy atom. The Labute approximate surface area is 233 Å². The molecule has 0 aliphatic carbocycles. The van der Waals surface area contributed by atoms with Crippen LogP contribution in [0.25, 0.3) is 10.9 Å². The predicted molar refractivity (Wildman–Crippen MR) is 153 cm³/mol. The number of aryl methyl sites for hydroxylation is 2. The van der Waals surface area contributed by atoms with Crippen LogP contribution in [0.4, 0.5) is 0 Å². The third kappa shape index (κ3) is 5.52. The molecule has 10 heteroatoms. The van der Waals surface area contributed by atoms with E-state index in [2.05, 4.69) is 62.4 Å². The van der Waals surface area contributed by atoms with Gasteiger partial charge in [0.25, 0.3) is 5.56 Å². The summed E-state index contributed by atoms with van der Waals surface area (Å²) in [7, 11) is 1.69. The van der Waals surface area contributed by atoms with Crippen LogP contribution in [0.15, 0.2) is 47.3 Å². The van der Waals surface area contributed by atoms with Gasteiger partial charge in [-0.25, -0.2) is 4.68 Å². The van der Waals surface area contributed by atoms with Crippen LogP contribution in [-0.4, -0.2) is 81.0 Å². The van der Waals surface area contributed by atoms with Crippen LogP contribution in [0.2, 0.25) is 0 Å². The molecule has 0 saturated carbocycles. The molecule has 6 rings (SSSR count). The monoisotopic (exact) mass is 543 g/mol. The third-order valence-electron chi connectivity index (χ3n) is 8.32. The minimum Gasteiger partial charge on any atom is -0.497 e. The number of hydrogen-bond donors (Lipinski definition) is 1. The number of ether oxygens (including phenoxy) is 2. The van der Waals surface area contributed by atoms with Gasteiger partial charge in [0.05, 0.1) is 19.8 Å². The van der Waals surface area contributed by atoms with Gasteiger partial charge in [-0.1, -0.05) is 12.1 Å². The molecule has 4 aromatic rings. The van der Waals surface area contributed by atoms with E-state index in [1.807, 2.05) is 28.9 Å². The summed E-state index contributed by atoms with van der Waals surface area (Å²) in [5, 5.41) is 13.9. The quantitative estimate of drug-likeness (QED) is 0.362. The zero-order chi connectivity index (χ0) is 27.6. The van der Waals surface area contributed by atoms with Crippen molar-refractivity contribution in [3.8, 4) is 5.75 Å². The van der Waals surface area contributed by atoms with Crippen LogP contribution >= 0.6 is 0 Å². The molecule has 2 aliphatic rings. The lowest BCUT2D eigenvalue weighted by Gasteiger charge is -2.38. The second-order valence-corrected chi connectivity index (χ2v) is 11.0. The maximum absolute atomic E-state index is 13.6. The molecule has 0 unspecified atom stereocenters. The van der Waals surface area contributed by atoms with Gasteiger partial charge in [-0.05, 0) is 89.5 Å². The molecule has 40 heavy (non-hydrogen) atoms. The molecular weight excluding hydrogens is 506 g/mol. The number of fused-ring (bicyclic) bond motifs is 1. The maximum atomic E-state index is 13.6. The number of nitrogens with one attached hydrogen (secondary N) is 1. The number of H-pyrrole nitrogens is 1. The van der Waals surface area contributed by atoms with Crippen LogP contribution < -0.4 is 10.3 Å². The summed E-state index contributed by atoms with van der Waals surface area (Å²) in [6.07, 6.45) is 2.12. The lowest BCUT2D eigenvalue weighted by molar-refractivity contribution is 0.0840. The Balaban J connectivity index is 1.30. The molecule has 0 amide bonds. The number of aromatic nitrogens is 5. The molecule has 1 N–H and O–H groups in total. The molecule has 0 radical (unpaired) electrons. The number of rotatable bonds is 8. The summed E-state index contributed by atoms with van der Waals surface area (Å²) in [6, 6.07) is 14.1. The highest BCUT2D eigenvalue weighted by Crippen LogP contribution is 2.29. The molecular formula is C30H37N7O3. The fraction of sp³-hybridized carbons (Fsp3) is 0.467. The first-order chi connectivity index (χ1) is 19.5. The fourth-order valence-corrected chi connectivity index (χ4v) is 5.88. The highest BCUT2D eigenvalue weighted by Gasteiger charge is 2.33. The van der Waals surface area contributed by atoms with Crippen LogP contribution in [0, 0.1) is 13.8 Å². The van der Waals surface area contributed by atoms with E-state index in [1.165, 1.54) is 11.1 Å². The van der Waals surface area contributed by atoms with E-state index in [-0.39, 0.29) is 17.7 Å². The third-order valence-corrected chi connectivity index (χ3v) is 8.32. The molecule has 10 nitrogen and oxygen atoms in total. The van der Waals surface area contributed by atoms with Crippen molar-refractivity contribution in [1.82, 2.24) is 35.0 Å². The van der Waals surface area contributed by atoms with Crippen LogP contribution in [0.5, 0.6) is 5.75 Å². The molecule has 0 spiro atoms. The molecule has 4 heterocycles. The highest BCUT2D eigenvalue weighted by molar-refractivity contribution is 5.81. The number of nitrogens with zero attached hydrogens (tertiary/aromatic N) is 6. The van der Waals surface area contributed by atoms with E-state index >= 15 is 0 Å². The number of piperazine rings is 1. The number of hydrogen-bond acceptors (Lipinski definition) is 8. The van der Waals surface area contributed by atoms with Gasteiger partial charge in [0, 0.05) is 50.4 Å². The van der Waals surface area contributed by atoms with E-state index < -0.39 is 0 Å². The van der Waals surface area contributed by atoms with Gasteiger partial charge >= 0.3 is 0 Å². The number of benzene rings is 2. The topological polar surface area (TPSA) is 101 Å². The normalized spacial score (nSPS) is 19.3. The molecule has 2 fully saturated rings. The SMILES string of the molecule is COc1ccc(CN2CCN([C@@H](c3cc4cc(C)c(C)cc4[nH]c3=O)c3nnnn3C[C@H]3CCCO3)CC2)cc1. The van der Waals surface area contributed by atoms with Gasteiger partial charge < -0.3 is 14.5 Å². The lowest BCUT2D eigenvalue weighted by atomic mass is 10.00. The van der Waals surface area contributed by atoms with Crippen molar-refractivity contribution in [2.24, 2.45) is 0 Å². The van der Waals surface area contributed by atoms with Gasteiger partial charge in [0.1, 0.15) is 11.8 Å². The van der Waals surface area contributed by atoms with Crippen molar-refractivity contribution in [1.29, 1.82) is 0 Å². The molecule has 2 atom stereocenters. The van der Waals surface area contributed by atoms with Crippen LogP contribution in [0.3, 0.4) is 0 Å². The van der Waals surface area contributed by atoms with Crippen molar-refractivity contribution in [3.05, 3.63) is 80.9 Å². The largest absolute Gasteiger partial charge is 0.497 e. The summed E-state index contributed by atoms with van der Waals surface area (Å²) >= 11 is 0. The average molecular weight is 544 g/mol. The molecule has 2 aromatic carbocycles. The van der Waals surface area contributed by atoms with Crippen molar-refractivity contribution in [2.75, 3.05) is 39.9 Å². The first kappa shape index (κ1) is 26.6. The minimum absolute atomic E-state index is 0.0877. The molecule has 2 aliphatic heterocycles. The second kappa shape index (κ2) is 11.5. The van der Waals surface area contributed by atoms with Crippen molar-refractivity contribution in [2.45, 2.75) is 51.9 Å². The Bertz CT molecular complexity index is 1520. The Kier molecular flexibility index (Phi) is 7.64. The fourth-order valence-electron chi connectivity index (χ4n) is 5.88. The van der Waals surface area contributed by atoms with E-state index in [0.717, 1.165) is 74.4 Å². The summed E-state index contributed by atoms with van der Waals surface area (Å²) in [5.41, 5.74) is 5.01. The zero-order valence-corrected chi connectivity index (χ0v) is 23.5. The lowest BCUT2D eigenvalue weighted by Crippen LogP contribution is -2.48. The first-order valence-corrected chi connectivity index (χ1v) is 14.1. The van der Waals surface area contributed by atoms with Gasteiger partial charge in [0.15, 0.2) is 5.82 Å². The van der Waals surface area contributed by atoms with Crippen molar-refractivity contribution in [3.63, 3.8) is 0 Å². The van der Waals surface area contributed by atoms with E-state index in [9.17, 15) is 4.79 Å². The smallest absolute Gasteiger partial charge is 0.253 e. The Morgan fingerprint density at radius 3 is 2.58 bits per heavy atom. The minimum atomic E-state index is -0.366. The van der Waals surface area contributed by atoms with Crippen LogP contribution in [-0.2, 0) is 17.8 Å². The van der Waals surface area contributed by atoms with E-state index in [0.29, 0.717) is 17.9 Å². The molecule has 2 aromatic heterocycles. The number of pyridine rings is 1. The number of tetrazole rings is 1. The highest BCUT2D eigenvalue weighted by atomic mass is 16.5. The van der Waals surface area contributed by atoms with Crippen molar-refractivity contribution >= 4 is 10.9 Å². The number of aromatic amines is 1. The second-order valence-electron chi connectivity index (χ2n) is 11.0. The predicted octanol–water partition coefficient (Wildman–Crippen LogP) is 3.23. The Morgan fingerprint density at radius 1 is 1.07 bits per heavy atom. The first-order valence-electron chi connectivity index (χ1n) is 14.1. The van der Waals surface area contributed by atoms with Gasteiger partial charge in [0.2, 0.25) is 0 Å². The molecule has 210 valence electrons. The maximum Gasteiger partial charge on any atom is 0.253 e. The number of methoxy groups -OCH3 is 1. The Hall–Kier alpha value is -3.60. The molecule has 2 saturated heterocycles. The zero-order valence-electron chi connectivity index (χ0n) is 23.5. The molecule has 0 bridgehead atoms. The average Bonchev–Trinajstić information content (AvgIpc) is 3.64.